The Kier molecular flexibility index (Phi) is 9.18. The van der Waals surface area contributed by atoms with E-state index in [2.05, 4.69) is 54.4 Å². The van der Waals surface area contributed by atoms with Gasteiger partial charge in [0.05, 0.1) is 6.54 Å². The SMILES string of the molecule is C=CCNC(=NCCn1cnnc1CC)N1CCN(c2ccccn2)CC1.I. The van der Waals surface area contributed by atoms with E-state index in [1.54, 1.807) is 6.33 Å². The first-order chi connectivity index (χ1) is 13.3. The third-order valence-corrected chi connectivity index (χ3v) is 4.57. The van der Waals surface area contributed by atoms with Crippen molar-refractivity contribution in [3.05, 3.63) is 49.2 Å². The molecule has 0 unspecified atom stereocenters. The van der Waals surface area contributed by atoms with Gasteiger partial charge in [-0.1, -0.05) is 19.1 Å². The quantitative estimate of drug-likeness (QED) is 0.273. The standard InChI is InChI=1S/C19H28N8.HI/c1-3-8-21-19(22-10-11-27-16-23-24-17(27)4-2)26-14-12-25(13-15-26)18-7-5-6-9-20-18;/h3,5-7,9,16H,1,4,8,10-15H2,2H3,(H,21,22);1H. The molecule has 0 aliphatic carbocycles. The summed E-state index contributed by atoms with van der Waals surface area (Å²) in [6.07, 6.45) is 6.35. The minimum Gasteiger partial charge on any atom is -0.353 e. The summed E-state index contributed by atoms with van der Waals surface area (Å²) in [5.74, 6) is 2.96. The van der Waals surface area contributed by atoms with Gasteiger partial charge in [-0.2, -0.15) is 0 Å². The van der Waals surface area contributed by atoms with Gasteiger partial charge in [-0.05, 0) is 12.1 Å². The van der Waals surface area contributed by atoms with Crippen molar-refractivity contribution in [2.45, 2.75) is 19.9 Å². The number of aromatic nitrogens is 4. The summed E-state index contributed by atoms with van der Waals surface area (Å²) in [6.45, 7) is 11.7. The van der Waals surface area contributed by atoms with Crippen molar-refractivity contribution in [2.24, 2.45) is 4.99 Å². The van der Waals surface area contributed by atoms with Gasteiger partial charge in [-0.3, -0.25) is 4.99 Å². The third kappa shape index (κ3) is 5.91. The molecule has 3 heterocycles. The molecule has 1 fully saturated rings. The van der Waals surface area contributed by atoms with Gasteiger partial charge in [0.25, 0.3) is 0 Å². The van der Waals surface area contributed by atoms with E-state index in [0.29, 0.717) is 13.1 Å². The van der Waals surface area contributed by atoms with Crippen LogP contribution in [0.25, 0.3) is 0 Å². The molecule has 0 amide bonds. The molecule has 2 aromatic rings. The molecule has 2 aromatic heterocycles. The zero-order valence-corrected chi connectivity index (χ0v) is 18.7. The maximum Gasteiger partial charge on any atom is 0.194 e. The molecule has 3 rings (SSSR count). The minimum absolute atomic E-state index is 0. The second-order valence-electron chi connectivity index (χ2n) is 6.33. The highest BCUT2D eigenvalue weighted by atomic mass is 127. The molecule has 0 atom stereocenters. The Morgan fingerprint density at radius 2 is 2.11 bits per heavy atom. The Bertz CT molecular complexity index is 737. The molecule has 0 bridgehead atoms. The molecule has 1 N–H and O–H groups in total. The fourth-order valence-electron chi connectivity index (χ4n) is 3.12. The number of aryl methyl sites for hydroxylation is 1. The highest BCUT2D eigenvalue weighted by molar-refractivity contribution is 14.0. The average molecular weight is 496 g/mol. The number of nitrogens with one attached hydrogen (secondary N) is 1. The Hall–Kier alpha value is -2.17. The molecule has 1 aliphatic heterocycles. The second-order valence-corrected chi connectivity index (χ2v) is 6.33. The maximum atomic E-state index is 4.81. The largest absolute Gasteiger partial charge is 0.353 e. The fraction of sp³-hybridized carbons (Fsp3) is 0.474. The zero-order valence-electron chi connectivity index (χ0n) is 16.4. The minimum atomic E-state index is 0. The Balaban J connectivity index is 0.00000280. The number of guanidine groups is 1. The highest BCUT2D eigenvalue weighted by Crippen LogP contribution is 2.12. The van der Waals surface area contributed by atoms with Gasteiger partial charge in [0, 0.05) is 51.9 Å². The molecule has 0 saturated carbocycles. The number of pyridine rings is 1. The average Bonchev–Trinajstić information content (AvgIpc) is 3.19. The molecule has 1 aliphatic rings. The summed E-state index contributed by atoms with van der Waals surface area (Å²) in [5.41, 5.74) is 0. The molecule has 28 heavy (non-hydrogen) atoms. The van der Waals surface area contributed by atoms with Crippen LogP contribution in [0, 0.1) is 0 Å². The first kappa shape index (κ1) is 22.1. The molecule has 0 aromatic carbocycles. The van der Waals surface area contributed by atoms with E-state index < -0.39 is 0 Å². The summed E-state index contributed by atoms with van der Waals surface area (Å²) in [5, 5.41) is 11.5. The first-order valence-electron chi connectivity index (χ1n) is 9.48. The molecule has 1 saturated heterocycles. The van der Waals surface area contributed by atoms with Crippen LogP contribution in [-0.2, 0) is 13.0 Å². The van der Waals surface area contributed by atoms with E-state index in [9.17, 15) is 0 Å². The van der Waals surface area contributed by atoms with Crippen molar-refractivity contribution in [3.8, 4) is 0 Å². The lowest BCUT2D eigenvalue weighted by Gasteiger charge is -2.37. The predicted molar refractivity (Wildman–Crippen MR) is 123 cm³/mol. The van der Waals surface area contributed by atoms with Gasteiger partial charge in [0.1, 0.15) is 18.0 Å². The van der Waals surface area contributed by atoms with Crippen LogP contribution in [0.5, 0.6) is 0 Å². The van der Waals surface area contributed by atoms with E-state index in [1.807, 2.05) is 24.4 Å². The third-order valence-electron chi connectivity index (χ3n) is 4.57. The zero-order chi connectivity index (χ0) is 18.9. The monoisotopic (exact) mass is 496 g/mol. The predicted octanol–water partition coefficient (Wildman–Crippen LogP) is 1.81. The van der Waals surface area contributed by atoms with Crippen LogP contribution in [0.2, 0.25) is 0 Å². The summed E-state index contributed by atoms with van der Waals surface area (Å²) >= 11 is 0. The molecular weight excluding hydrogens is 467 g/mol. The first-order valence-corrected chi connectivity index (χ1v) is 9.48. The Morgan fingerprint density at radius 1 is 1.29 bits per heavy atom. The van der Waals surface area contributed by atoms with Crippen LogP contribution in [0.15, 0.2) is 48.4 Å². The van der Waals surface area contributed by atoms with E-state index in [4.69, 9.17) is 4.99 Å². The van der Waals surface area contributed by atoms with E-state index >= 15 is 0 Å². The topological polar surface area (TPSA) is 74.5 Å². The molecule has 152 valence electrons. The van der Waals surface area contributed by atoms with Crippen molar-refractivity contribution in [2.75, 3.05) is 44.2 Å². The van der Waals surface area contributed by atoms with E-state index in [0.717, 1.165) is 56.7 Å². The van der Waals surface area contributed by atoms with Crippen molar-refractivity contribution < 1.29 is 0 Å². The lowest BCUT2D eigenvalue weighted by Crippen LogP contribution is -2.52. The molecule has 0 radical (unpaired) electrons. The maximum absolute atomic E-state index is 4.81. The number of halogens is 1. The highest BCUT2D eigenvalue weighted by Gasteiger charge is 2.20. The van der Waals surface area contributed by atoms with Crippen molar-refractivity contribution in [3.63, 3.8) is 0 Å². The van der Waals surface area contributed by atoms with Crippen molar-refractivity contribution in [1.29, 1.82) is 0 Å². The van der Waals surface area contributed by atoms with Crippen LogP contribution in [0.1, 0.15) is 12.7 Å². The van der Waals surface area contributed by atoms with Crippen molar-refractivity contribution in [1.82, 2.24) is 30.0 Å². The summed E-state index contributed by atoms with van der Waals surface area (Å²) in [4.78, 5) is 13.9. The lowest BCUT2D eigenvalue weighted by molar-refractivity contribution is 0.372. The van der Waals surface area contributed by atoms with Crippen LogP contribution in [0.3, 0.4) is 0 Å². The van der Waals surface area contributed by atoms with E-state index in [-0.39, 0.29) is 24.0 Å². The number of hydrogen-bond acceptors (Lipinski definition) is 5. The number of nitrogens with zero attached hydrogens (tertiary/aromatic N) is 7. The summed E-state index contributed by atoms with van der Waals surface area (Å²) in [6, 6.07) is 6.04. The van der Waals surface area contributed by atoms with Gasteiger partial charge < -0.3 is 19.7 Å². The molecular formula is C19H29IN8. The van der Waals surface area contributed by atoms with E-state index in [1.165, 1.54) is 0 Å². The number of rotatable bonds is 7. The number of hydrogen-bond donors (Lipinski definition) is 1. The lowest BCUT2D eigenvalue weighted by atomic mass is 10.3. The van der Waals surface area contributed by atoms with Gasteiger partial charge in [0.15, 0.2) is 5.96 Å². The number of anilines is 1. The normalized spacial score (nSPS) is 14.5. The fourth-order valence-corrected chi connectivity index (χ4v) is 3.12. The van der Waals surface area contributed by atoms with Gasteiger partial charge in [0.2, 0.25) is 0 Å². The molecule has 8 nitrogen and oxygen atoms in total. The smallest absolute Gasteiger partial charge is 0.194 e. The van der Waals surface area contributed by atoms with Gasteiger partial charge in [-0.25, -0.2) is 4.98 Å². The Morgan fingerprint density at radius 3 is 2.79 bits per heavy atom. The molecule has 9 heteroatoms. The van der Waals surface area contributed by atoms with Crippen LogP contribution in [-0.4, -0.2) is 69.9 Å². The van der Waals surface area contributed by atoms with Crippen LogP contribution < -0.4 is 10.2 Å². The summed E-state index contributed by atoms with van der Waals surface area (Å²) < 4.78 is 2.06. The number of aliphatic imine (C=N–C) groups is 1. The Labute approximate surface area is 183 Å². The van der Waals surface area contributed by atoms with Gasteiger partial charge in [-0.15, -0.1) is 40.8 Å². The number of piperazine rings is 1. The summed E-state index contributed by atoms with van der Waals surface area (Å²) in [7, 11) is 0. The second kappa shape index (κ2) is 11.6. The van der Waals surface area contributed by atoms with Crippen LogP contribution >= 0.6 is 24.0 Å². The van der Waals surface area contributed by atoms with Crippen LogP contribution in [0.4, 0.5) is 5.82 Å². The van der Waals surface area contributed by atoms with Gasteiger partial charge >= 0.3 is 0 Å². The molecule has 0 spiro atoms. The van der Waals surface area contributed by atoms with Crippen molar-refractivity contribution >= 4 is 35.8 Å².